The smallest absolute Gasteiger partial charge is 0.387 e. The van der Waals surface area contributed by atoms with Gasteiger partial charge in [0, 0.05) is 5.38 Å². The summed E-state index contributed by atoms with van der Waals surface area (Å²) in [7, 11) is 0. The number of aromatic nitrogens is 1. The number of nitrogens with zero attached hydrogens (tertiary/aromatic N) is 1. The highest BCUT2D eigenvalue weighted by molar-refractivity contribution is 7.12. The lowest BCUT2D eigenvalue weighted by molar-refractivity contribution is -0.0493. The highest BCUT2D eigenvalue weighted by Gasteiger charge is 2.17. The second-order valence-electron chi connectivity index (χ2n) is 3.67. The van der Waals surface area contributed by atoms with Gasteiger partial charge in [0.05, 0.1) is 5.69 Å². The monoisotopic (exact) mass is 314 g/mol. The van der Waals surface area contributed by atoms with Crippen LogP contribution in [0.2, 0.25) is 0 Å². The molecule has 2 rings (SSSR count). The predicted octanol–water partition coefficient (Wildman–Crippen LogP) is 2.70. The van der Waals surface area contributed by atoms with Crippen molar-refractivity contribution in [2.24, 2.45) is 0 Å². The lowest BCUT2D eigenvalue weighted by Crippen LogP contribution is -2.14. The summed E-state index contributed by atoms with van der Waals surface area (Å²) in [5.74, 6) is -2.17. The Morgan fingerprint density at radius 2 is 2.05 bits per heavy atom. The van der Waals surface area contributed by atoms with Gasteiger partial charge in [0.2, 0.25) is 0 Å². The van der Waals surface area contributed by atoms with E-state index in [1.165, 1.54) is 29.6 Å². The summed E-state index contributed by atoms with van der Waals surface area (Å²) >= 11 is 0.832. The van der Waals surface area contributed by atoms with E-state index in [0.717, 1.165) is 11.3 Å². The standard InChI is InChI=1S/C12H8F2N2O4S/c13-12(14)20-8-4-2-1-3-6(8)15-9(17)10-16-7(5-21-10)11(18)19/h1-5,12H,(H,15,17)(H,18,19). The van der Waals surface area contributed by atoms with E-state index in [9.17, 15) is 18.4 Å². The molecule has 0 aliphatic rings. The van der Waals surface area contributed by atoms with Gasteiger partial charge in [-0.15, -0.1) is 11.3 Å². The molecule has 0 unspecified atom stereocenters. The van der Waals surface area contributed by atoms with Crippen LogP contribution in [0.1, 0.15) is 20.3 Å². The van der Waals surface area contributed by atoms with E-state index < -0.39 is 18.5 Å². The molecule has 0 bridgehead atoms. The molecule has 6 nitrogen and oxygen atoms in total. The highest BCUT2D eigenvalue weighted by Crippen LogP contribution is 2.26. The van der Waals surface area contributed by atoms with Crippen molar-refractivity contribution in [3.8, 4) is 5.75 Å². The zero-order valence-corrected chi connectivity index (χ0v) is 11.1. The molecule has 0 atom stereocenters. The molecule has 21 heavy (non-hydrogen) atoms. The number of carbonyl (C=O) groups is 2. The van der Waals surface area contributed by atoms with Crippen molar-refractivity contribution < 1.29 is 28.2 Å². The van der Waals surface area contributed by atoms with Crippen molar-refractivity contribution in [1.82, 2.24) is 4.98 Å². The number of rotatable bonds is 5. The van der Waals surface area contributed by atoms with Gasteiger partial charge in [-0.25, -0.2) is 9.78 Å². The molecule has 1 aromatic heterocycles. The van der Waals surface area contributed by atoms with Crippen LogP contribution in [0, 0.1) is 0 Å². The first-order chi connectivity index (χ1) is 9.97. The normalized spacial score (nSPS) is 10.4. The molecule has 2 aromatic rings. The van der Waals surface area contributed by atoms with Gasteiger partial charge in [-0.3, -0.25) is 4.79 Å². The molecular weight excluding hydrogens is 306 g/mol. The number of carboxylic acids is 1. The molecular formula is C12H8F2N2O4S. The minimum atomic E-state index is -3.03. The number of hydrogen-bond acceptors (Lipinski definition) is 5. The van der Waals surface area contributed by atoms with Crippen molar-refractivity contribution >= 4 is 28.9 Å². The Morgan fingerprint density at radius 1 is 1.33 bits per heavy atom. The number of nitrogens with one attached hydrogen (secondary N) is 1. The van der Waals surface area contributed by atoms with E-state index in [4.69, 9.17) is 5.11 Å². The van der Waals surface area contributed by atoms with Crippen LogP contribution in [0.5, 0.6) is 5.75 Å². The molecule has 0 aliphatic heterocycles. The summed E-state index contributed by atoms with van der Waals surface area (Å²) in [5.41, 5.74) is -0.225. The highest BCUT2D eigenvalue weighted by atomic mass is 32.1. The van der Waals surface area contributed by atoms with E-state index in [-0.39, 0.29) is 22.1 Å². The molecule has 2 N–H and O–H groups in total. The average molecular weight is 314 g/mol. The molecule has 1 aromatic carbocycles. The third-order valence-corrected chi connectivity index (χ3v) is 3.11. The van der Waals surface area contributed by atoms with Crippen LogP contribution in [0.25, 0.3) is 0 Å². The SMILES string of the molecule is O=C(O)c1csc(C(=O)Nc2ccccc2OC(F)F)n1. The molecule has 0 saturated carbocycles. The maximum Gasteiger partial charge on any atom is 0.387 e. The molecule has 110 valence electrons. The molecule has 1 amide bonds. The van der Waals surface area contributed by atoms with E-state index in [2.05, 4.69) is 15.0 Å². The number of carboxylic acid groups (broad SMARTS) is 1. The Balaban J connectivity index is 2.17. The summed E-state index contributed by atoms with van der Waals surface area (Å²) in [6, 6.07) is 5.64. The second-order valence-corrected chi connectivity index (χ2v) is 4.53. The Bertz CT molecular complexity index is 675. The van der Waals surface area contributed by atoms with Gasteiger partial charge in [-0.05, 0) is 12.1 Å². The van der Waals surface area contributed by atoms with Crippen LogP contribution in [-0.2, 0) is 0 Å². The van der Waals surface area contributed by atoms with Crippen LogP contribution in [0.15, 0.2) is 29.6 Å². The minimum Gasteiger partial charge on any atom is -0.476 e. The summed E-state index contributed by atoms with van der Waals surface area (Å²) in [5, 5.41) is 12.2. The third kappa shape index (κ3) is 3.72. The first kappa shape index (κ1) is 14.9. The summed E-state index contributed by atoms with van der Waals surface area (Å²) in [4.78, 5) is 26.2. The Labute approximate surface area is 121 Å². The molecule has 0 aliphatic carbocycles. The molecule has 0 fully saturated rings. The number of halogens is 2. The molecule has 1 heterocycles. The van der Waals surface area contributed by atoms with Crippen LogP contribution in [0.4, 0.5) is 14.5 Å². The molecule has 0 radical (unpaired) electrons. The van der Waals surface area contributed by atoms with Crippen molar-refractivity contribution in [3.05, 3.63) is 40.3 Å². The van der Waals surface area contributed by atoms with Crippen molar-refractivity contribution in [2.75, 3.05) is 5.32 Å². The number of alkyl halides is 2. The third-order valence-electron chi connectivity index (χ3n) is 2.27. The Morgan fingerprint density at radius 3 is 2.67 bits per heavy atom. The van der Waals surface area contributed by atoms with Gasteiger partial charge in [0.1, 0.15) is 5.75 Å². The lowest BCUT2D eigenvalue weighted by Gasteiger charge is -2.10. The number of ether oxygens (including phenoxy) is 1. The first-order valence-corrected chi connectivity index (χ1v) is 6.39. The van der Waals surface area contributed by atoms with E-state index in [1.807, 2.05) is 0 Å². The van der Waals surface area contributed by atoms with E-state index >= 15 is 0 Å². The summed E-state index contributed by atoms with van der Waals surface area (Å²) < 4.78 is 28.8. The fourth-order valence-corrected chi connectivity index (χ4v) is 2.11. The average Bonchev–Trinajstić information content (AvgIpc) is 2.90. The number of benzene rings is 1. The van der Waals surface area contributed by atoms with Crippen molar-refractivity contribution in [1.29, 1.82) is 0 Å². The zero-order chi connectivity index (χ0) is 15.4. The quantitative estimate of drug-likeness (QED) is 0.886. The Hall–Kier alpha value is -2.55. The topological polar surface area (TPSA) is 88.5 Å². The van der Waals surface area contributed by atoms with Crippen molar-refractivity contribution in [3.63, 3.8) is 0 Å². The zero-order valence-electron chi connectivity index (χ0n) is 10.2. The van der Waals surface area contributed by atoms with Gasteiger partial charge in [-0.1, -0.05) is 12.1 Å². The fourth-order valence-electron chi connectivity index (χ4n) is 1.42. The van der Waals surface area contributed by atoms with E-state index in [1.54, 1.807) is 0 Å². The number of amides is 1. The maximum atomic E-state index is 12.2. The fraction of sp³-hybridized carbons (Fsp3) is 0.0833. The van der Waals surface area contributed by atoms with Crippen LogP contribution in [-0.4, -0.2) is 28.6 Å². The van der Waals surface area contributed by atoms with Crippen LogP contribution >= 0.6 is 11.3 Å². The number of para-hydroxylation sites is 2. The van der Waals surface area contributed by atoms with E-state index in [0.29, 0.717) is 0 Å². The van der Waals surface area contributed by atoms with Crippen LogP contribution < -0.4 is 10.1 Å². The molecule has 9 heteroatoms. The minimum absolute atomic E-state index is 0.0369. The largest absolute Gasteiger partial charge is 0.476 e. The first-order valence-electron chi connectivity index (χ1n) is 5.51. The number of anilines is 1. The summed E-state index contributed by atoms with van der Waals surface area (Å²) in [6.07, 6.45) is 0. The summed E-state index contributed by atoms with van der Waals surface area (Å²) in [6.45, 7) is -3.03. The second kappa shape index (κ2) is 6.27. The maximum absolute atomic E-state index is 12.2. The molecule has 0 spiro atoms. The number of hydrogen-bond donors (Lipinski definition) is 2. The number of thiazole rings is 1. The van der Waals surface area contributed by atoms with Crippen LogP contribution in [0.3, 0.4) is 0 Å². The number of carbonyl (C=O) groups excluding carboxylic acids is 1. The van der Waals surface area contributed by atoms with Gasteiger partial charge in [0.25, 0.3) is 5.91 Å². The van der Waals surface area contributed by atoms with Gasteiger partial charge in [0.15, 0.2) is 10.7 Å². The Kier molecular flexibility index (Phi) is 4.43. The predicted molar refractivity (Wildman–Crippen MR) is 70.1 cm³/mol. The van der Waals surface area contributed by atoms with Crippen molar-refractivity contribution in [2.45, 2.75) is 6.61 Å². The lowest BCUT2D eigenvalue weighted by atomic mass is 10.3. The number of aromatic carboxylic acids is 1. The molecule has 0 saturated heterocycles. The van der Waals surface area contributed by atoms with Gasteiger partial charge < -0.3 is 15.2 Å². The van der Waals surface area contributed by atoms with Gasteiger partial charge in [-0.2, -0.15) is 8.78 Å². The van der Waals surface area contributed by atoms with Gasteiger partial charge >= 0.3 is 12.6 Å².